The Morgan fingerprint density at radius 3 is 1.68 bits per heavy atom. The van der Waals surface area contributed by atoms with Gasteiger partial charge in [-0.3, -0.25) is 4.55 Å². The molecule has 1 rings (SSSR count). The Kier molecular flexibility index (Phi) is 7.30. The highest BCUT2D eigenvalue weighted by Gasteiger charge is 2.49. The Morgan fingerprint density at radius 1 is 1.00 bits per heavy atom. The van der Waals surface area contributed by atoms with Crippen molar-refractivity contribution in [2.75, 3.05) is 6.26 Å². The molecule has 12 heteroatoms. The average molecular weight is 423 g/mol. The summed E-state index contributed by atoms with van der Waals surface area (Å²) in [5, 5.41) is 0.588. The summed E-state index contributed by atoms with van der Waals surface area (Å²) >= 11 is 0. The number of hydrogen-bond acceptors (Lipinski definition) is 5. The zero-order chi connectivity index (χ0) is 20.4. The maximum absolute atomic E-state index is 12.5. The third kappa shape index (κ3) is 7.75. The quantitative estimate of drug-likeness (QED) is 0.348. The highest BCUT2D eigenvalue weighted by atomic mass is 32.2. The number of rotatable bonds is 3. The summed E-state index contributed by atoms with van der Waals surface area (Å²) in [6, 6.07) is 3.32. The zero-order valence-electron chi connectivity index (χ0n) is 14.6. The van der Waals surface area contributed by atoms with Crippen LogP contribution in [-0.4, -0.2) is 41.2 Å². The van der Waals surface area contributed by atoms with Gasteiger partial charge in [0.05, 0.1) is 14.3 Å². The lowest BCUT2D eigenvalue weighted by Crippen LogP contribution is -2.42. The van der Waals surface area contributed by atoms with E-state index in [0.717, 1.165) is 5.56 Å². The first-order valence-corrected chi connectivity index (χ1v) is 13.6. The number of alkyl halides is 3. The van der Waals surface area contributed by atoms with Gasteiger partial charge in [-0.1, -0.05) is 31.8 Å². The standard InChI is InChI=1S/C12H17F3O3SSi.CH4O3S/c1-8-6-7-9(2)11(20(3,4)5)10(8)18-19(16,17)12(13,14)15;1-5(2,3)4/h6-7H,1-5H3;1H3,(H,2,3,4). The second-order valence-electron chi connectivity index (χ2n) is 6.37. The summed E-state index contributed by atoms with van der Waals surface area (Å²) in [5.74, 6) is -0.179. The van der Waals surface area contributed by atoms with Gasteiger partial charge < -0.3 is 4.18 Å². The van der Waals surface area contributed by atoms with E-state index >= 15 is 0 Å². The van der Waals surface area contributed by atoms with E-state index in [2.05, 4.69) is 4.18 Å². The van der Waals surface area contributed by atoms with E-state index in [1.807, 2.05) is 19.6 Å². The fourth-order valence-corrected chi connectivity index (χ4v) is 4.78. The summed E-state index contributed by atoms with van der Waals surface area (Å²) < 4.78 is 90.2. The molecule has 0 aromatic heterocycles. The van der Waals surface area contributed by atoms with Crippen LogP contribution in [0.1, 0.15) is 11.1 Å². The molecule has 0 radical (unpaired) electrons. The van der Waals surface area contributed by atoms with Crippen LogP contribution >= 0.6 is 0 Å². The maximum atomic E-state index is 12.5. The van der Waals surface area contributed by atoms with Crippen molar-refractivity contribution in [3.05, 3.63) is 23.3 Å². The molecule has 1 aromatic rings. The van der Waals surface area contributed by atoms with E-state index < -0.39 is 33.8 Å². The molecule has 0 aliphatic heterocycles. The first-order chi connectivity index (χ1) is 10.8. The van der Waals surface area contributed by atoms with Gasteiger partial charge in [0.25, 0.3) is 10.1 Å². The fourth-order valence-electron chi connectivity index (χ4n) is 1.98. The van der Waals surface area contributed by atoms with Crippen molar-refractivity contribution in [3.63, 3.8) is 0 Å². The van der Waals surface area contributed by atoms with Gasteiger partial charge in [-0.25, -0.2) is 0 Å². The van der Waals surface area contributed by atoms with Gasteiger partial charge in [0, 0.05) is 0 Å². The van der Waals surface area contributed by atoms with Crippen molar-refractivity contribution >= 4 is 33.5 Å². The molecule has 0 saturated heterocycles. The largest absolute Gasteiger partial charge is 0.534 e. The molecule has 0 atom stereocenters. The number of hydrogen-bond donors (Lipinski definition) is 1. The summed E-state index contributed by atoms with van der Waals surface area (Å²) in [6.45, 7) is 9.02. The van der Waals surface area contributed by atoms with Crippen molar-refractivity contribution < 1.29 is 38.7 Å². The molecule has 0 bridgehead atoms. The Balaban J connectivity index is 0.00000101. The van der Waals surface area contributed by atoms with Crippen molar-refractivity contribution in [2.45, 2.75) is 39.0 Å². The van der Waals surface area contributed by atoms with E-state index in [4.69, 9.17) is 4.55 Å². The lowest BCUT2D eigenvalue weighted by molar-refractivity contribution is -0.0499. The molecule has 146 valence electrons. The highest BCUT2D eigenvalue weighted by molar-refractivity contribution is 7.88. The van der Waals surface area contributed by atoms with E-state index in [1.165, 1.54) is 6.92 Å². The minimum absolute atomic E-state index is 0.179. The summed E-state index contributed by atoms with van der Waals surface area (Å²) in [6.07, 6.45) is 0.715. The van der Waals surface area contributed by atoms with Crippen LogP contribution in [0.15, 0.2) is 12.1 Å². The third-order valence-electron chi connectivity index (χ3n) is 2.79. The normalized spacial score (nSPS) is 13.0. The summed E-state index contributed by atoms with van der Waals surface area (Å²) in [5.41, 5.74) is -4.32. The Morgan fingerprint density at radius 2 is 1.36 bits per heavy atom. The van der Waals surface area contributed by atoms with Gasteiger partial charge in [-0.2, -0.15) is 30.0 Å². The van der Waals surface area contributed by atoms with E-state index in [9.17, 15) is 30.0 Å². The van der Waals surface area contributed by atoms with Gasteiger partial charge in [0.1, 0.15) is 5.75 Å². The van der Waals surface area contributed by atoms with Gasteiger partial charge in [0.2, 0.25) is 0 Å². The molecule has 0 spiro atoms. The van der Waals surface area contributed by atoms with Crippen molar-refractivity contribution in [1.29, 1.82) is 0 Å². The molecule has 6 nitrogen and oxygen atoms in total. The van der Waals surface area contributed by atoms with E-state index in [1.54, 1.807) is 19.1 Å². The lowest BCUT2D eigenvalue weighted by Gasteiger charge is -2.24. The van der Waals surface area contributed by atoms with Crippen LogP contribution in [0.25, 0.3) is 0 Å². The predicted octanol–water partition coefficient (Wildman–Crippen LogP) is 2.58. The van der Waals surface area contributed by atoms with Crippen molar-refractivity contribution in [1.82, 2.24) is 0 Å². The van der Waals surface area contributed by atoms with Crippen LogP contribution < -0.4 is 9.37 Å². The third-order valence-corrected chi connectivity index (χ3v) is 5.86. The first-order valence-electron chi connectivity index (χ1n) is 6.81. The van der Waals surface area contributed by atoms with Crippen LogP contribution in [-0.2, 0) is 20.2 Å². The van der Waals surface area contributed by atoms with Gasteiger partial charge in [-0.15, -0.1) is 0 Å². The monoisotopic (exact) mass is 422 g/mol. The molecule has 1 N–H and O–H groups in total. The van der Waals surface area contributed by atoms with Gasteiger partial charge in [0.15, 0.2) is 0 Å². The van der Waals surface area contributed by atoms with Crippen LogP contribution in [0.5, 0.6) is 5.75 Å². The Bertz CT molecular complexity index is 817. The highest BCUT2D eigenvalue weighted by Crippen LogP contribution is 2.29. The van der Waals surface area contributed by atoms with Crippen LogP contribution in [0.3, 0.4) is 0 Å². The average Bonchev–Trinajstić information content (AvgIpc) is 2.28. The molecule has 0 aliphatic rings. The zero-order valence-corrected chi connectivity index (χ0v) is 17.2. The number of halogens is 3. The molecule has 0 heterocycles. The Hall–Kier alpha value is -1.11. The molecule has 0 saturated carbocycles. The minimum atomic E-state index is -5.65. The Labute approximate surface area is 146 Å². The minimum Gasteiger partial charge on any atom is -0.376 e. The van der Waals surface area contributed by atoms with E-state index in [0.29, 0.717) is 17.0 Å². The molecule has 0 unspecified atom stereocenters. The first kappa shape index (κ1) is 23.9. The van der Waals surface area contributed by atoms with Gasteiger partial charge in [-0.05, 0) is 30.2 Å². The van der Waals surface area contributed by atoms with E-state index in [-0.39, 0.29) is 5.75 Å². The second-order valence-corrected chi connectivity index (χ2v) is 14.4. The van der Waals surface area contributed by atoms with Crippen molar-refractivity contribution in [2.24, 2.45) is 0 Å². The maximum Gasteiger partial charge on any atom is 0.534 e. The van der Waals surface area contributed by atoms with Crippen molar-refractivity contribution in [3.8, 4) is 5.75 Å². The smallest absolute Gasteiger partial charge is 0.376 e. The molecular weight excluding hydrogens is 401 g/mol. The molecule has 0 aliphatic carbocycles. The molecule has 0 fully saturated rings. The van der Waals surface area contributed by atoms with Crippen LogP contribution in [0.2, 0.25) is 19.6 Å². The fraction of sp³-hybridized carbons (Fsp3) is 0.538. The topological polar surface area (TPSA) is 97.7 Å². The number of aryl methyl sites for hydroxylation is 2. The van der Waals surface area contributed by atoms with Gasteiger partial charge >= 0.3 is 15.6 Å². The summed E-state index contributed by atoms with van der Waals surface area (Å²) in [7, 11) is -11.4. The predicted molar refractivity (Wildman–Crippen MR) is 92.0 cm³/mol. The molecule has 25 heavy (non-hydrogen) atoms. The molecule has 0 amide bonds. The molecule has 1 aromatic carbocycles. The molecular formula is C13H21F3O6S2Si. The van der Waals surface area contributed by atoms with Crippen LogP contribution in [0, 0.1) is 13.8 Å². The second kappa shape index (κ2) is 7.64. The number of benzene rings is 1. The summed E-state index contributed by atoms with van der Waals surface area (Å²) in [4.78, 5) is 0. The SMILES string of the molecule is CS(=O)(=O)O.Cc1ccc(C)c([Si](C)(C)C)c1OS(=O)(=O)C(F)(F)F. The lowest BCUT2D eigenvalue weighted by atomic mass is 10.1. The van der Waals surface area contributed by atoms with Crippen LogP contribution in [0.4, 0.5) is 13.2 Å².